The van der Waals surface area contributed by atoms with Crippen molar-refractivity contribution in [2.45, 2.75) is 19.3 Å². The molecule has 3 heteroatoms. The SMILES string of the molecule is CN(C)CCCN=C1c2ccccc2CCc2c(Cl)cccc21. The summed E-state index contributed by atoms with van der Waals surface area (Å²) in [6.07, 6.45) is 3.06. The minimum absolute atomic E-state index is 0.841. The predicted molar refractivity (Wildman–Crippen MR) is 99.0 cm³/mol. The Kier molecular flexibility index (Phi) is 5.14. The summed E-state index contributed by atoms with van der Waals surface area (Å²) in [4.78, 5) is 7.17. The van der Waals surface area contributed by atoms with Gasteiger partial charge in [-0.3, -0.25) is 4.99 Å². The van der Waals surface area contributed by atoms with Crippen LogP contribution in [0, 0.1) is 0 Å². The fourth-order valence-electron chi connectivity index (χ4n) is 3.16. The molecule has 0 fully saturated rings. The number of aryl methyl sites for hydroxylation is 1. The van der Waals surface area contributed by atoms with E-state index in [4.69, 9.17) is 16.6 Å². The van der Waals surface area contributed by atoms with E-state index in [0.29, 0.717) is 0 Å². The van der Waals surface area contributed by atoms with Crippen LogP contribution >= 0.6 is 11.6 Å². The van der Waals surface area contributed by atoms with Crippen LogP contribution in [0.3, 0.4) is 0 Å². The maximum absolute atomic E-state index is 6.46. The zero-order valence-electron chi connectivity index (χ0n) is 13.8. The molecule has 0 aromatic heterocycles. The molecule has 2 nitrogen and oxygen atoms in total. The number of hydrogen-bond donors (Lipinski definition) is 0. The second-order valence-electron chi connectivity index (χ2n) is 6.31. The lowest BCUT2D eigenvalue weighted by Crippen LogP contribution is -2.14. The third kappa shape index (κ3) is 3.65. The molecule has 0 N–H and O–H groups in total. The number of fused-ring (bicyclic) bond motifs is 2. The number of benzene rings is 2. The average Bonchev–Trinajstić information content (AvgIpc) is 2.70. The van der Waals surface area contributed by atoms with Crippen molar-refractivity contribution >= 4 is 17.3 Å². The molecule has 0 atom stereocenters. The standard InChI is InChI=1S/C20H23ClN2/c1-23(2)14-6-13-22-20-16-8-4-3-7-15(16)11-12-17-18(20)9-5-10-19(17)21/h3-5,7-10H,6,11-14H2,1-2H3. The highest BCUT2D eigenvalue weighted by molar-refractivity contribution is 6.32. The van der Waals surface area contributed by atoms with Gasteiger partial charge in [0.25, 0.3) is 0 Å². The van der Waals surface area contributed by atoms with Gasteiger partial charge in [0, 0.05) is 22.7 Å². The molecule has 0 aliphatic heterocycles. The average molecular weight is 327 g/mol. The van der Waals surface area contributed by atoms with Gasteiger partial charge in [0.2, 0.25) is 0 Å². The first-order valence-electron chi connectivity index (χ1n) is 8.22. The van der Waals surface area contributed by atoms with Crippen LogP contribution in [0.1, 0.15) is 28.7 Å². The highest BCUT2D eigenvalue weighted by Crippen LogP contribution is 2.29. The molecule has 2 aromatic carbocycles. The molecule has 0 unspecified atom stereocenters. The van der Waals surface area contributed by atoms with Gasteiger partial charge in [-0.2, -0.15) is 0 Å². The Morgan fingerprint density at radius 3 is 2.61 bits per heavy atom. The first kappa shape index (κ1) is 16.2. The summed E-state index contributed by atoms with van der Waals surface area (Å²) in [7, 11) is 4.20. The van der Waals surface area contributed by atoms with E-state index in [0.717, 1.165) is 43.1 Å². The van der Waals surface area contributed by atoms with E-state index in [2.05, 4.69) is 49.3 Å². The van der Waals surface area contributed by atoms with Crippen molar-refractivity contribution in [3.05, 3.63) is 69.7 Å². The summed E-state index contributed by atoms with van der Waals surface area (Å²) in [5, 5.41) is 0.858. The predicted octanol–water partition coefficient (Wildman–Crippen LogP) is 4.23. The Labute approximate surface area is 143 Å². The second kappa shape index (κ2) is 7.29. The van der Waals surface area contributed by atoms with Crippen molar-refractivity contribution in [3.8, 4) is 0 Å². The lowest BCUT2D eigenvalue weighted by atomic mass is 9.98. The van der Waals surface area contributed by atoms with E-state index in [1.54, 1.807) is 0 Å². The van der Waals surface area contributed by atoms with Crippen LogP contribution in [-0.2, 0) is 12.8 Å². The normalized spacial score (nSPS) is 15.4. The fraction of sp³-hybridized carbons (Fsp3) is 0.350. The first-order chi connectivity index (χ1) is 11.2. The Morgan fingerprint density at radius 2 is 1.78 bits per heavy atom. The summed E-state index contributed by atoms with van der Waals surface area (Å²) in [6.45, 7) is 1.90. The van der Waals surface area contributed by atoms with E-state index >= 15 is 0 Å². The van der Waals surface area contributed by atoms with Crippen LogP contribution in [0.5, 0.6) is 0 Å². The summed E-state index contributed by atoms with van der Waals surface area (Å²) in [5.74, 6) is 0. The molecule has 0 heterocycles. The molecule has 0 bridgehead atoms. The maximum Gasteiger partial charge on any atom is 0.0724 e. The molecular weight excluding hydrogens is 304 g/mol. The van der Waals surface area contributed by atoms with E-state index in [1.165, 1.54) is 22.3 Å². The molecule has 23 heavy (non-hydrogen) atoms. The van der Waals surface area contributed by atoms with Gasteiger partial charge in [-0.15, -0.1) is 0 Å². The molecule has 2 aromatic rings. The quantitative estimate of drug-likeness (QED) is 0.768. The molecule has 1 aliphatic carbocycles. The highest BCUT2D eigenvalue weighted by Gasteiger charge is 2.20. The van der Waals surface area contributed by atoms with Gasteiger partial charge in [0.15, 0.2) is 0 Å². The van der Waals surface area contributed by atoms with Crippen molar-refractivity contribution < 1.29 is 0 Å². The van der Waals surface area contributed by atoms with E-state index in [1.807, 2.05) is 12.1 Å². The van der Waals surface area contributed by atoms with E-state index in [9.17, 15) is 0 Å². The van der Waals surface area contributed by atoms with Crippen LogP contribution < -0.4 is 0 Å². The Hall–Kier alpha value is -1.64. The topological polar surface area (TPSA) is 15.6 Å². The Morgan fingerprint density at radius 1 is 1.00 bits per heavy atom. The lowest BCUT2D eigenvalue weighted by molar-refractivity contribution is 0.403. The van der Waals surface area contributed by atoms with Gasteiger partial charge < -0.3 is 4.90 Å². The van der Waals surface area contributed by atoms with E-state index in [-0.39, 0.29) is 0 Å². The van der Waals surface area contributed by atoms with Gasteiger partial charge in [-0.1, -0.05) is 48.0 Å². The molecule has 1 aliphatic rings. The van der Waals surface area contributed by atoms with Gasteiger partial charge in [0.05, 0.1) is 5.71 Å². The highest BCUT2D eigenvalue weighted by atomic mass is 35.5. The van der Waals surface area contributed by atoms with Crippen molar-refractivity contribution in [2.24, 2.45) is 4.99 Å². The number of hydrogen-bond acceptors (Lipinski definition) is 2. The van der Waals surface area contributed by atoms with Gasteiger partial charge in [0.1, 0.15) is 0 Å². The number of rotatable bonds is 4. The maximum atomic E-state index is 6.46. The van der Waals surface area contributed by atoms with Gasteiger partial charge in [-0.05, 0) is 57.1 Å². The number of halogens is 1. The second-order valence-corrected chi connectivity index (χ2v) is 6.72. The monoisotopic (exact) mass is 326 g/mol. The smallest absolute Gasteiger partial charge is 0.0724 e. The zero-order valence-corrected chi connectivity index (χ0v) is 14.6. The minimum atomic E-state index is 0.841. The zero-order chi connectivity index (χ0) is 16.2. The van der Waals surface area contributed by atoms with Crippen molar-refractivity contribution in [1.82, 2.24) is 4.90 Å². The molecular formula is C20H23ClN2. The Bertz CT molecular complexity index is 719. The fourth-order valence-corrected chi connectivity index (χ4v) is 3.43. The van der Waals surface area contributed by atoms with Crippen LogP contribution in [-0.4, -0.2) is 37.8 Å². The van der Waals surface area contributed by atoms with Crippen LogP contribution in [0.2, 0.25) is 5.02 Å². The van der Waals surface area contributed by atoms with Crippen molar-refractivity contribution in [2.75, 3.05) is 27.2 Å². The van der Waals surface area contributed by atoms with Crippen LogP contribution in [0.4, 0.5) is 0 Å². The van der Waals surface area contributed by atoms with Crippen LogP contribution in [0.15, 0.2) is 47.5 Å². The minimum Gasteiger partial charge on any atom is -0.309 e. The molecule has 0 radical (unpaired) electrons. The molecule has 3 rings (SSSR count). The molecule has 0 saturated heterocycles. The van der Waals surface area contributed by atoms with Gasteiger partial charge >= 0.3 is 0 Å². The molecule has 0 amide bonds. The van der Waals surface area contributed by atoms with Crippen molar-refractivity contribution in [1.29, 1.82) is 0 Å². The third-order valence-corrected chi connectivity index (χ3v) is 4.68. The summed E-state index contributed by atoms with van der Waals surface area (Å²) in [5.41, 5.74) is 6.17. The summed E-state index contributed by atoms with van der Waals surface area (Å²) in [6, 6.07) is 14.8. The lowest BCUT2D eigenvalue weighted by Gasteiger charge is -2.12. The van der Waals surface area contributed by atoms with Crippen LogP contribution in [0.25, 0.3) is 0 Å². The van der Waals surface area contributed by atoms with E-state index < -0.39 is 0 Å². The molecule has 120 valence electrons. The number of nitrogens with zero attached hydrogens (tertiary/aromatic N) is 2. The molecule has 0 saturated carbocycles. The largest absolute Gasteiger partial charge is 0.309 e. The Balaban J connectivity index is 2.01. The summed E-state index contributed by atoms with van der Waals surface area (Å²) < 4.78 is 0. The number of aliphatic imine (C=N–C) groups is 1. The third-order valence-electron chi connectivity index (χ3n) is 4.32. The molecule has 0 spiro atoms. The van der Waals surface area contributed by atoms with Crippen molar-refractivity contribution in [3.63, 3.8) is 0 Å². The first-order valence-corrected chi connectivity index (χ1v) is 8.60. The summed E-state index contributed by atoms with van der Waals surface area (Å²) >= 11 is 6.46. The van der Waals surface area contributed by atoms with Gasteiger partial charge in [-0.25, -0.2) is 0 Å².